The standard InChI is InChI=1S/C17H20N2O2S/c1-20-13-5-12-18-17(22)19-14-8-10-16(11-9-14)21-15-6-3-2-4-7-15/h2-4,6-11H,5,12-13H2,1H3,(H2,18,19,22). The topological polar surface area (TPSA) is 42.5 Å². The number of anilines is 1. The third-order valence-electron chi connectivity index (χ3n) is 2.90. The second kappa shape index (κ2) is 9.02. The Hall–Kier alpha value is -2.11. The summed E-state index contributed by atoms with van der Waals surface area (Å²) in [5.41, 5.74) is 0.921. The van der Waals surface area contributed by atoms with Crippen molar-refractivity contribution in [2.24, 2.45) is 0 Å². The van der Waals surface area contributed by atoms with Crippen LogP contribution >= 0.6 is 12.2 Å². The van der Waals surface area contributed by atoms with Crippen molar-refractivity contribution in [1.82, 2.24) is 5.32 Å². The predicted molar refractivity (Wildman–Crippen MR) is 93.7 cm³/mol. The molecule has 2 N–H and O–H groups in total. The van der Waals surface area contributed by atoms with Crippen LogP contribution in [0.4, 0.5) is 5.69 Å². The quantitative estimate of drug-likeness (QED) is 0.601. The van der Waals surface area contributed by atoms with Gasteiger partial charge in [-0.3, -0.25) is 0 Å². The second-order valence-corrected chi connectivity index (χ2v) is 5.07. The van der Waals surface area contributed by atoms with Crippen LogP contribution in [0.15, 0.2) is 54.6 Å². The van der Waals surface area contributed by atoms with Gasteiger partial charge >= 0.3 is 0 Å². The third kappa shape index (κ3) is 5.71. The summed E-state index contributed by atoms with van der Waals surface area (Å²) in [6.07, 6.45) is 0.919. The SMILES string of the molecule is COCCCNC(=S)Nc1ccc(Oc2ccccc2)cc1. The highest BCUT2D eigenvalue weighted by Gasteiger charge is 1.99. The fourth-order valence-corrected chi connectivity index (χ4v) is 2.04. The Morgan fingerprint density at radius 3 is 2.36 bits per heavy atom. The Bertz CT molecular complexity index is 573. The maximum absolute atomic E-state index is 5.74. The molecule has 116 valence electrons. The van der Waals surface area contributed by atoms with E-state index in [1.807, 2.05) is 54.6 Å². The van der Waals surface area contributed by atoms with Gasteiger partial charge < -0.3 is 20.1 Å². The Morgan fingerprint density at radius 2 is 1.68 bits per heavy atom. The first kappa shape index (κ1) is 16.3. The van der Waals surface area contributed by atoms with Crippen molar-refractivity contribution >= 4 is 23.0 Å². The van der Waals surface area contributed by atoms with Crippen LogP contribution in [0.3, 0.4) is 0 Å². The summed E-state index contributed by atoms with van der Waals surface area (Å²) in [7, 11) is 1.69. The zero-order valence-corrected chi connectivity index (χ0v) is 13.4. The number of ether oxygens (including phenoxy) is 2. The van der Waals surface area contributed by atoms with Crippen molar-refractivity contribution in [1.29, 1.82) is 0 Å². The van der Waals surface area contributed by atoms with Crippen LogP contribution < -0.4 is 15.4 Å². The highest BCUT2D eigenvalue weighted by molar-refractivity contribution is 7.80. The van der Waals surface area contributed by atoms with Crippen LogP contribution in [-0.2, 0) is 4.74 Å². The molecule has 0 aliphatic carbocycles. The van der Waals surface area contributed by atoms with Gasteiger partial charge in [0, 0.05) is 25.9 Å². The lowest BCUT2D eigenvalue weighted by Crippen LogP contribution is -2.29. The number of methoxy groups -OCH3 is 1. The molecule has 0 spiro atoms. The van der Waals surface area contributed by atoms with Gasteiger partial charge in [0.15, 0.2) is 5.11 Å². The molecule has 0 atom stereocenters. The van der Waals surface area contributed by atoms with Gasteiger partial charge in [0.25, 0.3) is 0 Å². The molecule has 2 aromatic rings. The van der Waals surface area contributed by atoms with Gasteiger partial charge in [-0.2, -0.15) is 0 Å². The van der Waals surface area contributed by atoms with E-state index in [1.165, 1.54) is 0 Å². The number of rotatable bonds is 7. The second-order valence-electron chi connectivity index (χ2n) is 4.67. The van der Waals surface area contributed by atoms with Gasteiger partial charge in [-0.1, -0.05) is 18.2 Å². The zero-order chi connectivity index (χ0) is 15.6. The average Bonchev–Trinajstić information content (AvgIpc) is 2.54. The van der Waals surface area contributed by atoms with Crippen LogP contribution in [0.2, 0.25) is 0 Å². The molecule has 4 nitrogen and oxygen atoms in total. The average molecular weight is 316 g/mol. The lowest BCUT2D eigenvalue weighted by atomic mass is 10.3. The molecule has 0 amide bonds. The van der Waals surface area contributed by atoms with Gasteiger partial charge in [-0.15, -0.1) is 0 Å². The monoisotopic (exact) mass is 316 g/mol. The third-order valence-corrected chi connectivity index (χ3v) is 3.15. The van der Waals surface area contributed by atoms with Crippen molar-refractivity contribution < 1.29 is 9.47 Å². The smallest absolute Gasteiger partial charge is 0.170 e. The maximum Gasteiger partial charge on any atom is 0.170 e. The Kier molecular flexibility index (Phi) is 6.67. The van der Waals surface area contributed by atoms with Crippen molar-refractivity contribution in [2.75, 3.05) is 25.6 Å². The minimum Gasteiger partial charge on any atom is -0.457 e. The Labute approximate surface area is 136 Å². The normalized spacial score (nSPS) is 10.0. The van der Waals surface area contributed by atoms with Crippen molar-refractivity contribution in [3.8, 4) is 11.5 Å². The van der Waals surface area contributed by atoms with E-state index < -0.39 is 0 Å². The van der Waals surface area contributed by atoms with Crippen LogP contribution in [0.25, 0.3) is 0 Å². The summed E-state index contributed by atoms with van der Waals surface area (Å²) in [6, 6.07) is 17.4. The molecule has 5 heteroatoms. The summed E-state index contributed by atoms with van der Waals surface area (Å²) < 4.78 is 10.7. The highest BCUT2D eigenvalue weighted by atomic mass is 32.1. The van der Waals surface area contributed by atoms with Gasteiger partial charge in [0.2, 0.25) is 0 Å². The summed E-state index contributed by atoms with van der Waals surface area (Å²) in [5.74, 6) is 1.61. The largest absolute Gasteiger partial charge is 0.457 e. The van der Waals surface area contributed by atoms with Gasteiger partial charge in [-0.25, -0.2) is 0 Å². The number of hydrogen-bond donors (Lipinski definition) is 2. The van der Waals surface area contributed by atoms with E-state index in [-0.39, 0.29) is 0 Å². The molecular weight excluding hydrogens is 296 g/mol. The van der Waals surface area contributed by atoms with E-state index in [4.69, 9.17) is 21.7 Å². The van der Waals surface area contributed by atoms with Crippen LogP contribution in [0, 0.1) is 0 Å². The summed E-state index contributed by atoms with van der Waals surface area (Å²) in [4.78, 5) is 0. The van der Waals surface area contributed by atoms with E-state index in [2.05, 4.69) is 10.6 Å². The fraction of sp³-hybridized carbons (Fsp3) is 0.235. The number of thiocarbonyl (C=S) groups is 1. The van der Waals surface area contributed by atoms with E-state index in [1.54, 1.807) is 7.11 Å². The van der Waals surface area contributed by atoms with Gasteiger partial charge in [0.1, 0.15) is 11.5 Å². The molecule has 2 aromatic carbocycles. The van der Waals surface area contributed by atoms with Crippen molar-refractivity contribution in [2.45, 2.75) is 6.42 Å². The van der Waals surface area contributed by atoms with Crippen molar-refractivity contribution in [3.05, 3.63) is 54.6 Å². The first-order valence-corrected chi connectivity index (χ1v) is 7.55. The molecule has 0 fully saturated rings. The fourth-order valence-electron chi connectivity index (χ4n) is 1.82. The molecular formula is C17H20N2O2S. The Balaban J connectivity index is 1.80. The maximum atomic E-state index is 5.74. The molecule has 0 heterocycles. The van der Waals surface area contributed by atoms with E-state index in [0.29, 0.717) is 5.11 Å². The van der Waals surface area contributed by atoms with E-state index in [9.17, 15) is 0 Å². The summed E-state index contributed by atoms with van der Waals surface area (Å²) >= 11 is 5.23. The molecule has 0 radical (unpaired) electrons. The van der Waals surface area contributed by atoms with Gasteiger partial charge in [-0.05, 0) is 55.0 Å². The lowest BCUT2D eigenvalue weighted by molar-refractivity contribution is 0.196. The number of hydrogen-bond acceptors (Lipinski definition) is 3. The number of benzene rings is 2. The minimum atomic E-state index is 0.604. The van der Waals surface area contributed by atoms with Crippen molar-refractivity contribution in [3.63, 3.8) is 0 Å². The molecule has 2 rings (SSSR count). The molecule has 0 aliphatic rings. The number of para-hydroxylation sites is 1. The molecule has 0 saturated heterocycles. The summed E-state index contributed by atoms with van der Waals surface area (Å²) in [5, 5.41) is 6.87. The molecule has 0 aromatic heterocycles. The number of nitrogens with one attached hydrogen (secondary N) is 2. The predicted octanol–water partition coefficient (Wildman–Crippen LogP) is 3.80. The van der Waals surface area contributed by atoms with E-state index in [0.717, 1.165) is 36.8 Å². The first-order chi connectivity index (χ1) is 10.8. The first-order valence-electron chi connectivity index (χ1n) is 7.14. The molecule has 0 aliphatic heterocycles. The minimum absolute atomic E-state index is 0.604. The molecule has 0 saturated carbocycles. The highest BCUT2D eigenvalue weighted by Crippen LogP contribution is 2.22. The lowest BCUT2D eigenvalue weighted by Gasteiger charge is -2.11. The van der Waals surface area contributed by atoms with E-state index >= 15 is 0 Å². The van der Waals surface area contributed by atoms with Crippen LogP contribution in [0.1, 0.15) is 6.42 Å². The molecule has 0 bridgehead atoms. The van der Waals surface area contributed by atoms with Crippen LogP contribution in [-0.4, -0.2) is 25.4 Å². The van der Waals surface area contributed by atoms with Crippen LogP contribution in [0.5, 0.6) is 11.5 Å². The molecule has 22 heavy (non-hydrogen) atoms. The Morgan fingerprint density at radius 1 is 1.00 bits per heavy atom. The summed E-state index contributed by atoms with van der Waals surface area (Å²) in [6.45, 7) is 1.51. The van der Waals surface area contributed by atoms with Gasteiger partial charge in [0.05, 0.1) is 0 Å². The zero-order valence-electron chi connectivity index (χ0n) is 12.5. The molecule has 0 unspecified atom stereocenters.